The van der Waals surface area contributed by atoms with Crippen LogP contribution in [-0.2, 0) is 0 Å². The summed E-state index contributed by atoms with van der Waals surface area (Å²) < 4.78 is 5.57. The van der Waals surface area contributed by atoms with Crippen molar-refractivity contribution in [3.05, 3.63) is 63.1 Å². The third-order valence-corrected chi connectivity index (χ3v) is 3.72. The van der Waals surface area contributed by atoms with Gasteiger partial charge in [0.15, 0.2) is 6.10 Å². The average Bonchev–Trinajstić information content (AvgIpc) is 2.44. The van der Waals surface area contributed by atoms with Crippen molar-refractivity contribution in [3.63, 3.8) is 0 Å². The fraction of sp³-hybridized carbons (Fsp3) is 0.133. The average molecular weight is 330 g/mol. The summed E-state index contributed by atoms with van der Waals surface area (Å²) in [6, 6.07) is 11.9. The van der Waals surface area contributed by atoms with Crippen LogP contribution in [0.1, 0.15) is 17.3 Å². The summed E-state index contributed by atoms with van der Waals surface area (Å²) in [7, 11) is 0. The van der Waals surface area contributed by atoms with Gasteiger partial charge >= 0.3 is 0 Å². The van der Waals surface area contributed by atoms with Crippen LogP contribution in [0.4, 0.5) is 0 Å². The standard InChI is InChI=1S/C15H11Cl3O2/c1-9(15(19)10-5-3-2-4-6-10)20-14-8-12(17)11(16)7-13(14)18/h2-9H,1H3. The number of carbonyl (C=O) groups is 1. The van der Waals surface area contributed by atoms with Crippen LogP contribution in [0.25, 0.3) is 0 Å². The van der Waals surface area contributed by atoms with E-state index in [1.54, 1.807) is 31.2 Å². The van der Waals surface area contributed by atoms with E-state index in [2.05, 4.69) is 0 Å². The number of carbonyl (C=O) groups excluding carboxylic acids is 1. The van der Waals surface area contributed by atoms with Crippen LogP contribution in [0.2, 0.25) is 15.1 Å². The molecule has 2 nitrogen and oxygen atoms in total. The molecule has 104 valence electrons. The summed E-state index contributed by atoms with van der Waals surface area (Å²) >= 11 is 17.8. The minimum Gasteiger partial charge on any atom is -0.481 e. The molecule has 2 aromatic rings. The monoisotopic (exact) mass is 328 g/mol. The third-order valence-electron chi connectivity index (χ3n) is 2.71. The van der Waals surface area contributed by atoms with E-state index in [9.17, 15) is 4.79 Å². The van der Waals surface area contributed by atoms with E-state index in [-0.39, 0.29) is 5.78 Å². The molecule has 0 aliphatic heterocycles. The van der Waals surface area contributed by atoms with Gasteiger partial charge in [-0.1, -0.05) is 65.1 Å². The molecule has 1 atom stereocenters. The van der Waals surface area contributed by atoms with Crippen molar-refractivity contribution < 1.29 is 9.53 Å². The predicted molar refractivity (Wildman–Crippen MR) is 82.3 cm³/mol. The van der Waals surface area contributed by atoms with Gasteiger partial charge in [0.2, 0.25) is 5.78 Å². The van der Waals surface area contributed by atoms with Gasteiger partial charge in [-0.15, -0.1) is 0 Å². The van der Waals surface area contributed by atoms with Crippen LogP contribution in [-0.4, -0.2) is 11.9 Å². The Hall–Kier alpha value is -1.22. The van der Waals surface area contributed by atoms with E-state index >= 15 is 0 Å². The molecule has 0 fully saturated rings. The summed E-state index contributed by atoms with van der Waals surface area (Å²) in [5, 5.41) is 0.976. The molecule has 0 spiro atoms. The highest BCUT2D eigenvalue weighted by molar-refractivity contribution is 6.43. The van der Waals surface area contributed by atoms with E-state index in [0.717, 1.165) is 0 Å². The van der Waals surface area contributed by atoms with Crippen LogP contribution in [0.5, 0.6) is 5.75 Å². The minimum atomic E-state index is -0.674. The number of ketones is 1. The van der Waals surface area contributed by atoms with Gasteiger partial charge in [0.1, 0.15) is 5.75 Å². The van der Waals surface area contributed by atoms with Crippen LogP contribution >= 0.6 is 34.8 Å². The Balaban J connectivity index is 2.18. The molecule has 0 aliphatic rings. The van der Waals surface area contributed by atoms with Crippen LogP contribution in [0, 0.1) is 0 Å². The minimum absolute atomic E-state index is 0.132. The van der Waals surface area contributed by atoms with Gasteiger partial charge in [-0.05, 0) is 13.0 Å². The molecule has 0 aromatic heterocycles. The number of ether oxygens (including phenoxy) is 1. The largest absolute Gasteiger partial charge is 0.481 e. The molecule has 5 heteroatoms. The van der Waals surface area contributed by atoms with Gasteiger partial charge in [0.05, 0.1) is 15.1 Å². The first-order chi connectivity index (χ1) is 9.49. The maximum absolute atomic E-state index is 12.2. The zero-order chi connectivity index (χ0) is 14.7. The molecule has 1 unspecified atom stereocenters. The van der Waals surface area contributed by atoms with Crippen molar-refractivity contribution in [1.82, 2.24) is 0 Å². The lowest BCUT2D eigenvalue weighted by Gasteiger charge is -2.15. The molecule has 0 saturated heterocycles. The Morgan fingerprint density at radius 3 is 2.25 bits per heavy atom. The molecule has 20 heavy (non-hydrogen) atoms. The molecule has 2 aromatic carbocycles. The first-order valence-electron chi connectivity index (χ1n) is 5.89. The van der Waals surface area contributed by atoms with Crippen molar-refractivity contribution in [1.29, 1.82) is 0 Å². The first-order valence-corrected chi connectivity index (χ1v) is 7.03. The Morgan fingerprint density at radius 1 is 1.00 bits per heavy atom. The second kappa shape index (κ2) is 6.49. The SMILES string of the molecule is CC(Oc1cc(Cl)c(Cl)cc1Cl)C(=O)c1ccccc1. The Kier molecular flexibility index (Phi) is 4.92. The topological polar surface area (TPSA) is 26.3 Å². The predicted octanol–water partition coefficient (Wildman–Crippen LogP) is 5.30. The molecule has 0 heterocycles. The smallest absolute Gasteiger partial charge is 0.202 e. The highest BCUT2D eigenvalue weighted by atomic mass is 35.5. The molecule has 0 saturated carbocycles. The molecule has 0 amide bonds. The normalized spacial score (nSPS) is 12.0. The van der Waals surface area contributed by atoms with E-state index in [1.807, 2.05) is 6.07 Å². The molecule has 0 N–H and O–H groups in total. The van der Waals surface area contributed by atoms with Crippen molar-refractivity contribution in [3.8, 4) is 5.75 Å². The molecular weight excluding hydrogens is 319 g/mol. The Labute approximate surface area is 132 Å². The summed E-state index contributed by atoms with van der Waals surface area (Å²) in [6.45, 7) is 1.66. The van der Waals surface area contributed by atoms with Crippen LogP contribution in [0.15, 0.2) is 42.5 Å². The quantitative estimate of drug-likeness (QED) is 0.562. The second-order valence-corrected chi connectivity index (χ2v) is 5.41. The third kappa shape index (κ3) is 3.45. The zero-order valence-electron chi connectivity index (χ0n) is 10.6. The number of halogens is 3. The van der Waals surface area contributed by atoms with Gasteiger partial charge in [-0.2, -0.15) is 0 Å². The summed E-state index contributed by atoms with van der Waals surface area (Å²) in [6.07, 6.45) is -0.674. The molecule has 0 aliphatic carbocycles. The van der Waals surface area contributed by atoms with E-state index in [4.69, 9.17) is 39.5 Å². The van der Waals surface area contributed by atoms with Crippen molar-refractivity contribution in [2.75, 3.05) is 0 Å². The van der Waals surface area contributed by atoms with Crippen LogP contribution in [0.3, 0.4) is 0 Å². The maximum Gasteiger partial charge on any atom is 0.202 e. The molecular formula is C15H11Cl3O2. The van der Waals surface area contributed by atoms with Crippen molar-refractivity contribution >= 4 is 40.6 Å². The fourth-order valence-electron chi connectivity index (χ4n) is 1.68. The van der Waals surface area contributed by atoms with Crippen molar-refractivity contribution in [2.24, 2.45) is 0 Å². The first kappa shape index (κ1) is 15.2. The number of Topliss-reactive ketones (excluding diaryl/α,β-unsaturated/α-hetero) is 1. The van der Waals surface area contributed by atoms with Gasteiger partial charge in [0.25, 0.3) is 0 Å². The lowest BCUT2D eigenvalue weighted by Crippen LogP contribution is -2.24. The molecule has 0 radical (unpaired) electrons. The molecule has 0 bridgehead atoms. The van der Waals surface area contributed by atoms with Gasteiger partial charge in [0, 0.05) is 11.6 Å². The number of hydrogen-bond donors (Lipinski definition) is 0. The highest BCUT2D eigenvalue weighted by Crippen LogP contribution is 2.34. The van der Waals surface area contributed by atoms with Gasteiger partial charge in [-0.25, -0.2) is 0 Å². The number of benzene rings is 2. The van der Waals surface area contributed by atoms with Crippen molar-refractivity contribution in [2.45, 2.75) is 13.0 Å². The second-order valence-electron chi connectivity index (χ2n) is 4.19. The van der Waals surface area contributed by atoms with E-state index in [1.165, 1.54) is 12.1 Å². The highest BCUT2D eigenvalue weighted by Gasteiger charge is 2.18. The number of rotatable bonds is 4. The van der Waals surface area contributed by atoms with E-state index < -0.39 is 6.10 Å². The van der Waals surface area contributed by atoms with Crippen LogP contribution < -0.4 is 4.74 Å². The maximum atomic E-state index is 12.2. The number of hydrogen-bond acceptors (Lipinski definition) is 2. The lowest BCUT2D eigenvalue weighted by atomic mass is 10.1. The summed E-state index contributed by atoms with van der Waals surface area (Å²) in [5.74, 6) is 0.200. The summed E-state index contributed by atoms with van der Waals surface area (Å²) in [5.41, 5.74) is 0.580. The van der Waals surface area contributed by atoms with Gasteiger partial charge in [-0.3, -0.25) is 4.79 Å². The summed E-state index contributed by atoms with van der Waals surface area (Å²) in [4.78, 5) is 12.2. The molecule has 2 rings (SSSR count). The Bertz CT molecular complexity index is 627. The van der Waals surface area contributed by atoms with Gasteiger partial charge < -0.3 is 4.74 Å². The van der Waals surface area contributed by atoms with E-state index in [0.29, 0.717) is 26.4 Å². The lowest BCUT2D eigenvalue weighted by molar-refractivity contribution is 0.0818. The fourth-order valence-corrected chi connectivity index (χ4v) is 2.26. The Morgan fingerprint density at radius 2 is 1.60 bits per heavy atom. The zero-order valence-corrected chi connectivity index (χ0v) is 12.8.